The van der Waals surface area contributed by atoms with Crippen molar-refractivity contribution in [1.29, 1.82) is 0 Å². The topological polar surface area (TPSA) is 17.1 Å². The fourth-order valence-electron chi connectivity index (χ4n) is 1.01. The zero-order valence-corrected chi connectivity index (χ0v) is 9.50. The van der Waals surface area contributed by atoms with Gasteiger partial charge in [-0.25, -0.2) is 0 Å². The second kappa shape index (κ2) is 8.58. The molecule has 0 aliphatic carbocycles. The van der Waals surface area contributed by atoms with Crippen molar-refractivity contribution in [3.8, 4) is 0 Å². The molecule has 0 aromatic rings. The first-order valence-electron chi connectivity index (χ1n) is 4.65. The minimum Gasteiger partial charge on any atom is -0.295 e. The summed E-state index contributed by atoms with van der Waals surface area (Å²) < 4.78 is 0. The SMILES string of the molecule is CCCCCCC(=O)/C=C(\Cl)CCl. The molecule has 0 N–H and O–H groups in total. The summed E-state index contributed by atoms with van der Waals surface area (Å²) in [6.45, 7) is 2.14. The largest absolute Gasteiger partial charge is 0.295 e. The molecule has 76 valence electrons. The summed E-state index contributed by atoms with van der Waals surface area (Å²) in [6, 6.07) is 0. The standard InChI is InChI=1S/C10H16Cl2O/c1-2-3-4-5-6-10(13)7-9(12)8-11/h7H,2-6,8H2,1H3/b9-7-. The lowest BCUT2D eigenvalue weighted by Gasteiger charge is -1.96. The molecule has 0 atom stereocenters. The van der Waals surface area contributed by atoms with E-state index in [1.165, 1.54) is 18.9 Å². The molecule has 0 radical (unpaired) electrons. The van der Waals surface area contributed by atoms with E-state index in [0.717, 1.165) is 12.8 Å². The zero-order valence-electron chi connectivity index (χ0n) is 7.98. The van der Waals surface area contributed by atoms with E-state index in [0.29, 0.717) is 11.5 Å². The molecular formula is C10H16Cl2O. The number of hydrogen-bond acceptors (Lipinski definition) is 1. The van der Waals surface area contributed by atoms with Crippen LogP contribution in [-0.2, 0) is 4.79 Å². The fourth-order valence-corrected chi connectivity index (χ4v) is 1.21. The monoisotopic (exact) mass is 222 g/mol. The lowest BCUT2D eigenvalue weighted by atomic mass is 10.1. The van der Waals surface area contributed by atoms with Crippen molar-refractivity contribution >= 4 is 29.0 Å². The molecule has 0 aliphatic heterocycles. The number of alkyl halides is 1. The van der Waals surface area contributed by atoms with Crippen LogP contribution in [-0.4, -0.2) is 11.7 Å². The van der Waals surface area contributed by atoms with Crippen molar-refractivity contribution in [1.82, 2.24) is 0 Å². The highest BCUT2D eigenvalue weighted by Crippen LogP contribution is 2.07. The van der Waals surface area contributed by atoms with Gasteiger partial charge in [-0.05, 0) is 12.5 Å². The minimum absolute atomic E-state index is 0.0850. The van der Waals surface area contributed by atoms with E-state index in [1.54, 1.807) is 0 Å². The van der Waals surface area contributed by atoms with Crippen LogP contribution >= 0.6 is 23.2 Å². The average molecular weight is 223 g/mol. The van der Waals surface area contributed by atoms with Gasteiger partial charge in [-0.2, -0.15) is 0 Å². The van der Waals surface area contributed by atoms with E-state index in [1.807, 2.05) is 0 Å². The highest BCUT2D eigenvalue weighted by atomic mass is 35.5. The summed E-state index contributed by atoms with van der Waals surface area (Å²) in [5.74, 6) is 0.309. The number of carbonyl (C=O) groups is 1. The first-order valence-corrected chi connectivity index (χ1v) is 5.56. The average Bonchev–Trinajstić information content (AvgIpc) is 2.12. The Labute approximate surface area is 90.1 Å². The molecular weight excluding hydrogens is 207 g/mol. The maximum Gasteiger partial charge on any atom is 0.156 e. The Balaban J connectivity index is 3.51. The molecule has 0 aromatic heterocycles. The molecule has 0 spiro atoms. The lowest BCUT2D eigenvalue weighted by molar-refractivity contribution is -0.114. The number of hydrogen-bond donors (Lipinski definition) is 0. The van der Waals surface area contributed by atoms with Crippen LogP contribution in [0.1, 0.15) is 39.0 Å². The Morgan fingerprint density at radius 1 is 1.31 bits per heavy atom. The molecule has 0 heterocycles. The maximum atomic E-state index is 11.2. The molecule has 0 unspecified atom stereocenters. The molecule has 0 saturated heterocycles. The Bertz CT molecular complexity index is 176. The van der Waals surface area contributed by atoms with Crippen molar-refractivity contribution in [2.45, 2.75) is 39.0 Å². The van der Waals surface area contributed by atoms with Crippen molar-refractivity contribution in [3.63, 3.8) is 0 Å². The molecule has 0 aliphatic rings. The lowest BCUT2D eigenvalue weighted by Crippen LogP contribution is -1.93. The van der Waals surface area contributed by atoms with Gasteiger partial charge in [0.25, 0.3) is 0 Å². The quantitative estimate of drug-likeness (QED) is 0.363. The molecule has 13 heavy (non-hydrogen) atoms. The van der Waals surface area contributed by atoms with Gasteiger partial charge in [0.1, 0.15) is 0 Å². The van der Waals surface area contributed by atoms with Crippen LogP contribution in [0.15, 0.2) is 11.1 Å². The van der Waals surface area contributed by atoms with E-state index in [2.05, 4.69) is 6.92 Å². The summed E-state index contributed by atoms with van der Waals surface area (Å²) in [5, 5.41) is 0.433. The highest BCUT2D eigenvalue weighted by molar-refractivity contribution is 6.36. The van der Waals surface area contributed by atoms with Gasteiger partial charge in [-0.1, -0.05) is 37.8 Å². The van der Waals surface area contributed by atoms with Crippen LogP contribution in [0.3, 0.4) is 0 Å². The summed E-state index contributed by atoms with van der Waals surface area (Å²) in [4.78, 5) is 11.2. The first kappa shape index (κ1) is 13.0. The third kappa shape index (κ3) is 8.32. The maximum absolute atomic E-state index is 11.2. The van der Waals surface area contributed by atoms with Crippen LogP contribution in [0.2, 0.25) is 0 Å². The van der Waals surface area contributed by atoms with E-state index in [-0.39, 0.29) is 11.7 Å². The first-order chi connectivity index (χ1) is 6.20. The van der Waals surface area contributed by atoms with Crippen LogP contribution in [0.5, 0.6) is 0 Å². The Morgan fingerprint density at radius 3 is 2.54 bits per heavy atom. The predicted octanol–water partition coefficient (Wildman–Crippen LogP) is 3.89. The molecule has 0 amide bonds. The van der Waals surface area contributed by atoms with Gasteiger partial charge in [-0.15, -0.1) is 11.6 Å². The summed E-state index contributed by atoms with van der Waals surface area (Å²) in [6.07, 6.45) is 6.48. The van der Waals surface area contributed by atoms with Crippen LogP contribution in [0, 0.1) is 0 Å². The molecule has 0 bridgehead atoms. The van der Waals surface area contributed by atoms with Crippen LogP contribution < -0.4 is 0 Å². The van der Waals surface area contributed by atoms with Crippen molar-refractivity contribution in [3.05, 3.63) is 11.1 Å². The molecule has 0 fully saturated rings. The molecule has 1 nitrogen and oxygen atoms in total. The van der Waals surface area contributed by atoms with Crippen LogP contribution in [0.4, 0.5) is 0 Å². The van der Waals surface area contributed by atoms with Gasteiger partial charge in [0.05, 0.1) is 5.88 Å². The summed E-state index contributed by atoms with van der Waals surface area (Å²) in [5.41, 5.74) is 0. The highest BCUT2D eigenvalue weighted by Gasteiger charge is 1.99. The van der Waals surface area contributed by atoms with Crippen LogP contribution in [0.25, 0.3) is 0 Å². The Kier molecular flexibility index (Phi) is 8.58. The van der Waals surface area contributed by atoms with Gasteiger partial charge in [0.2, 0.25) is 0 Å². The normalized spacial score (nSPS) is 11.8. The second-order valence-corrected chi connectivity index (χ2v) is 3.75. The smallest absolute Gasteiger partial charge is 0.156 e. The van der Waals surface area contributed by atoms with E-state index >= 15 is 0 Å². The number of unbranched alkanes of at least 4 members (excludes halogenated alkanes) is 3. The number of allylic oxidation sites excluding steroid dienone is 2. The van der Waals surface area contributed by atoms with Gasteiger partial charge < -0.3 is 0 Å². The molecule has 0 rings (SSSR count). The summed E-state index contributed by atoms with van der Waals surface area (Å²) >= 11 is 11.0. The second-order valence-electron chi connectivity index (χ2n) is 3.00. The van der Waals surface area contributed by atoms with Gasteiger partial charge in [0.15, 0.2) is 5.78 Å². The van der Waals surface area contributed by atoms with Crippen molar-refractivity contribution in [2.75, 3.05) is 5.88 Å². The minimum atomic E-state index is 0.0850. The Hall–Kier alpha value is -0.0100. The predicted molar refractivity (Wildman–Crippen MR) is 58.4 cm³/mol. The van der Waals surface area contributed by atoms with Crippen molar-refractivity contribution in [2.24, 2.45) is 0 Å². The van der Waals surface area contributed by atoms with Crippen molar-refractivity contribution < 1.29 is 4.79 Å². The third-order valence-corrected chi connectivity index (χ3v) is 2.39. The number of rotatable bonds is 7. The van der Waals surface area contributed by atoms with Gasteiger partial charge in [-0.3, -0.25) is 4.79 Å². The molecule has 0 aromatic carbocycles. The fraction of sp³-hybridized carbons (Fsp3) is 0.700. The Morgan fingerprint density at radius 2 is 2.00 bits per heavy atom. The molecule has 0 saturated carbocycles. The number of halogens is 2. The van der Waals surface area contributed by atoms with E-state index in [9.17, 15) is 4.79 Å². The van der Waals surface area contributed by atoms with Gasteiger partial charge in [0, 0.05) is 11.5 Å². The van der Waals surface area contributed by atoms with E-state index in [4.69, 9.17) is 23.2 Å². The number of ketones is 1. The molecule has 3 heteroatoms. The zero-order chi connectivity index (χ0) is 10.1. The summed E-state index contributed by atoms with van der Waals surface area (Å²) in [7, 11) is 0. The van der Waals surface area contributed by atoms with E-state index < -0.39 is 0 Å². The number of carbonyl (C=O) groups excluding carboxylic acids is 1. The van der Waals surface area contributed by atoms with Gasteiger partial charge >= 0.3 is 0 Å². The third-order valence-electron chi connectivity index (χ3n) is 1.72.